The maximum atomic E-state index is 11.8. The van der Waals surface area contributed by atoms with E-state index in [1.54, 1.807) is 0 Å². The average Bonchev–Trinajstić information content (AvgIpc) is 2.71. The lowest BCUT2D eigenvalue weighted by Crippen LogP contribution is -2.48. The maximum absolute atomic E-state index is 11.8. The number of hydrogen-bond acceptors (Lipinski definition) is 4. The number of aromatic nitrogens is 2. The Balaban J connectivity index is 1.76. The minimum Gasteiger partial charge on any atom is -0.366 e. The molecule has 6 heteroatoms. The second-order valence-electron chi connectivity index (χ2n) is 4.52. The predicted octanol–water partition coefficient (Wildman–Crippen LogP) is -0.326. The Hall–Kier alpha value is -1.40. The Morgan fingerprint density at radius 1 is 1.56 bits per heavy atom. The van der Waals surface area contributed by atoms with Crippen molar-refractivity contribution in [1.82, 2.24) is 20.8 Å². The summed E-state index contributed by atoms with van der Waals surface area (Å²) in [6.45, 7) is 6.57. The number of nitrogens with zero attached hydrogens (tertiary/aromatic N) is 1. The van der Waals surface area contributed by atoms with Crippen molar-refractivity contribution in [3.63, 3.8) is 0 Å². The molecule has 1 aromatic rings. The number of nitrogens with one attached hydrogen (secondary N) is 3. The molecule has 1 aliphatic rings. The molecule has 1 atom stereocenters. The Morgan fingerprint density at radius 2 is 2.39 bits per heavy atom. The van der Waals surface area contributed by atoms with Gasteiger partial charge < -0.3 is 15.4 Å². The van der Waals surface area contributed by atoms with Crippen LogP contribution in [-0.2, 0) is 16.0 Å². The highest BCUT2D eigenvalue weighted by atomic mass is 16.5. The lowest BCUT2D eigenvalue weighted by molar-refractivity contribution is -0.134. The van der Waals surface area contributed by atoms with Gasteiger partial charge in [-0.25, -0.2) is 0 Å². The third kappa shape index (κ3) is 3.08. The van der Waals surface area contributed by atoms with Crippen molar-refractivity contribution < 1.29 is 9.53 Å². The first-order valence-electron chi connectivity index (χ1n) is 6.29. The number of amides is 1. The van der Waals surface area contributed by atoms with Crippen LogP contribution in [0.4, 0.5) is 0 Å². The van der Waals surface area contributed by atoms with Gasteiger partial charge in [-0.3, -0.25) is 9.89 Å². The summed E-state index contributed by atoms with van der Waals surface area (Å²) in [5.74, 6) is -0.0407. The van der Waals surface area contributed by atoms with Gasteiger partial charge in [0, 0.05) is 25.3 Å². The number of hydrogen-bond donors (Lipinski definition) is 3. The normalized spacial score (nSPS) is 19.8. The maximum Gasteiger partial charge on any atom is 0.250 e. The zero-order chi connectivity index (χ0) is 13.0. The standard InChI is InChI=1S/C12H20N4O2/c1-8-10(9(2)16-15-8)3-4-14-12(17)11-7-13-5-6-18-11/h11,13H,3-7H2,1-2H3,(H,14,17)(H,15,16)/t11-/m0/s1. The van der Waals surface area contributed by atoms with Gasteiger partial charge in [-0.1, -0.05) is 0 Å². The number of aromatic amines is 1. The fraction of sp³-hybridized carbons (Fsp3) is 0.667. The summed E-state index contributed by atoms with van der Waals surface area (Å²) in [6, 6.07) is 0. The van der Waals surface area contributed by atoms with Crippen LogP contribution in [0.15, 0.2) is 0 Å². The molecular weight excluding hydrogens is 232 g/mol. The van der Waals surface area contributed by atoms with Crippen LogP contribution in [0.3, 0.4) is 0 Å². The lowest BCUT2D eigenvalue weighted by Gasteiger charge is -2.22. The van der Waals surface area contributed by atoms with E-state index in [-0.39, 0.29) is 12.0 Å². The van der Waals surface area contributed by atoms with E-state index in [0.717, 1.165) is 24.4 Å². The molecule has 3 N–H and O–H groups in total. The second-order valence-corrected chi connectivity index (χ2v) is 4.52. The van der Waals surface area contributed by atoms with Crippen LogP contribution in [0.5, 0.6) is 0 Å². The topological polar surface area (TPSA) is 79.0 Å². The molecular formula is C12H20N4O2. The number of morpholine rings is 1. The van der Waals surface area contributed by atoms with E-state index in [4.69, 9.17) is 4.74 Å². The summed E-state index contributed by atoms with van der Waals surface area (Å²) in [6.07, 6.45) is 0.436. The molecule has 1 aromatic heterocycles. The molecule has 0 spiro atoms. The van der Waals surface area contributed by atoms with Crippen LogP contribution in [0.1, 0.15) is 17.0 Å². The summed E-state index contributed by atoms with van der Waals surface area (Å²) < 4.78 is 5.38. The Bertz CT molecular complexity index is 391. The summed E-state index contributed by atoms with van der Waals surface area (Å²) in [5.41, 5.74) is 3.24. The summed E-state index contributed by atoms with van der Waals surface area (Å²) in [5, 5.41) is 13.1. The number of rotatable bonds is 4. The number of H-pyrrole nitrogens is 1. The number of aryl methyl sites for hydroxylation is 2. The minimum absolute atomic E-state index is 0.0407. The Morgan fingerprint density at radius 3 is 3.00 bits per heavy atom. The van der Waals surface area contributed by atoms with Gasteiger partial charge in [0.15, 0.2) is 0 Å². The van der Waals surface area contributed by atoms with Gasteiger partial charge in [0.1, 0.15) is 6.10 Å². The van der Waals surface area contributed by atoms with Crippen molar-refractivity contribution in [2.75, 3.05) is 26.2 Å². The van der Waals surface area contributed by atoms with Crippen LogP contribution in [0, 0.1) is 13.8 Å². The average molecular weight is 252 g/mol. The van der Waals surface area contributed by atoms with E-state index in [2.05, 4.69) is 20.8 Å². The number of carbonyl (C=O) groups excluding carboxylic acids is 1. The summed E-state index contributed by atoms with van der Waals surface area (Å²) >= 11 is 0. The highest BCUT2D eigenvalue weighted by Crippen LogP contribution is 2.09. The van der Waals surface area contributed by atoms with Gasteiger partial charge >= 0.3 is 0 Å². The first-order valence-corrected chi connectivity index (χ1v) is 6.29. The Labute approximate surface area is 106 Å². The largest absolute Gasteiger partial charge is 0.366 e. The minimum atomic E-state index is -0.356. The highest BCUT2D eigenvalue weighted by molar-refractivity contribution is 5.81. The van der Waals surface area contributed by atoms with Crippen molar-refractivity contribution in [2.45, 2.75) is 26.4 Å². The number of carbonyl (C=O) groups is 1. The van der Waals surface area contributed by atoms with E-state index < -0.39 is 0 Å². The van der Waals surface area contributed by atoms with Gasteiger partial charge in [-0.05, 0) is 25.8 Å². The monoisotopic (exact) mass is 252 g/mol. The molecule has 6 nitrogen and oxygen atoms in total. The van der Waals surface area contributed by atoms with Crippen LogP contribution in [-0.4, -0.2) is 48.4 Å². The molecule has 1 aliphatic heterocycles. The van der Waals surface area contributed by atoms with Crippen molar-refractivity contribution in [3.8, 4) is 0 Å². The highest BCUT2D eigenvalue weighted by Gasteiger charge is 2.21. The molecule has 100 valence electrons. The molecule has 0 saturated carbocycles. The van der Waals surface area contributed by atoms with Crippen LogP contribution in [0.2, 0.25) is 0 Å². The van der Waals surface area contributed by atoms with E-state index in [0.29, 0.717) is 19.7 Å². The molecule has 0 aliphatic carbocycles. The molecule has 0 unspecified atom stereocenters. The van der Waals surface area contributed by atoms with Crippen LogP contribution in [0.25, 0.3) is 0 Å². The van der Waals surface area contributed by atoms with E-state index in [1.807, 2.05) is 13.8 Å². The first-order chi connectivity index (χ1) is 8.68. The molecule has 2 heterocycles. The van der Waals surface area contributed by atoms with Crippen molar-refractivity contribution in [2.24, 2.45) is 0 Å². The SMILES string of the molecule is Cc1n[nH]c(C)c1CCNC(=O)[C@@H]1CNCCO1. The zero-order valence-corrected chi connectivity index (χ0v) is 10.9. The van der Waals surface area contributed by atoms with Crippen molar-refractivity contribution in [3.05, 3.63) is 17.0 Å². The molecule has 2 rings (SSSR count). The van der Waals surface area contributed by atoms with Gasteiger partial charge in [-0.15, -0.1) is 0 Å². The van der Waals surface area contributed by atoms with Crippen molar-refractivity contribution in [1.29, 1.82) is 0 Å². The van der Waals surface area contributed by atoms with Crippen LogP contribution < -0.4 is 10.6 Å². The third-order valence-corrected chi connectivity index (χ3v) is 3.17. The smallest absolute Gasteiger partial charge is 0.250 e. The van der Waals surface area contributed by atoms with E-state index in [9.17, 15) is 4.79 Å². The molecule has 0 bridgehead atoms. The molecule has 18 heavy (non-hydrogen) atoms. The lowest BCUT2D eigenvalue weighted by atomic mass is 10.1. The predicted molar refractivity (Wildman–Crippen MR) is 67.4 cm³/mol. The van der Waals surface area contributed by atoms with Gasteiger partial charge in [0.25, 0.3) is 0 Å². The second kappa shape index (κ2) is 5.97. The van der Waals surface area contributed by atoms with Crippen LogP contribution >= 0.6 is 0 Å². The Kier molecular flexibility index (Phi) is 4.33. The molecule has 1 fully saturated rings. The first kappa shape index (κ1) is 13.0. The number of ether oxygens (including phenoxy) is 1. The molecule has 1 amide bonds. The molecule has 1 saturated heterocycles. The van der Waals surface area contributed by atoms with Crippen molar-refractivity contribution >= 4 is 5.91 Å². The third-order valence-electron chi connectivity index (χ3n) is 3.17. The van der Waals surface area contributed by atoms with E-state index >= 15 is 0 Å². The van der Waals surface area contributed by atoms with Gasteiger partial charge in [0.05, 0.1) is 12.3 Å². The van der Waals surface area contributed by atoms with E-state index in [1.165, 1.54) is 5.56 Å². The fourth-order valence-corrected chi connectivity index (χ4v) is 2.10. The van der Waals surface area contributed by atoms with Gasteiger partial charge in [0.2, 0.25) is 5.91 Å². The molecule has 0 radical (unpaired) electrons. The fourth-order valence-electron chi connectivity index (χ4n) is 2.10. The summed E-state index contributed by atoms with van der Waals surface area (Å²) in [7, 11) is 0. The zero-order valence-electron chi connectivity index (χ0n) is 10.9. The molecule has 0 aromatic carbocycles. The summed E-state index contributed by atoms with van der Waals surface area (Å²) in [4.78, 5) is 11.8. The van der Waals surface area contributed by atoms with Gasteiger partial charge in [-0.2, -0.15) is 5.10 Å². The quantitative estimate of drug-likeness (QED) is 0.686.